The Balaban J connectivity index is 2.09. The highest BCUT2D eigenvalue weighted by Gasteiger charge is 2.30. The van der Waals surface area contributed by atoms with Gasteiger partial charge in [-0.15, -0.1) is 0 Å². The van der Waals surface area contributed by atoms with Gasteiger partial charge in [0.2, 0.25) is 0 Å². The van der Waals surface area contributed by atoms with E-state index in [2.05, 4.69) is 26.1 Å². The van der Waals surface area contributed by atoms with Gasteiger partial charge in [0.1, 0.15) is 5.82 Å². The normalized spacial score (nSPS) is 23.8. The molecule has 2 nitrogen and oxygen atoms in total. The van der Waals surface area contributed by atoms with E-state index < -0.39 is 0 Å². The van der Waals surface area contributed by atoms with Gasteiger partial charge in [0.05, 0.1) is 6.10 Å². The average molecular weight is 286 g/mol. The van der Waals surface area contributed by atoms with E-state index in [-0.39, 0.29) is 17.5 Å². The summed E-state index contributed by atoms with van der Waals surface area (Å²) in [6.07, 6.45) is 0.921. The first-order valence-corrected chi connectivity index (χ1v) is 7.05. The first-order chi connectivity index (χ1) is 8.85. The highest BCUT2D eigenvalue weighted by atomic mass is 35.5. The van der Waals surface area contributed by atoms with Gasteiger partial charge in [0.25, 0.3) is 0 Å². The zero-order valence-corrected chi connectivity index (χ0v) is 12.4. The summed E-state index contributed by atoms with van der Waals surface area (Å²) in [7, 11) is 0. The van der Waals surface area contributed by atoms with Gasteiger partial charge in [-0.05, 0) is 51.0 Å². The molecule has 0 amide bonds. The lowest BCUT2D eigenvalue weighted by Gasteiger charge is -2.26. The lowest BCUT2D eigenvalue weighted by Crippen LogP contribution is -2.39. The van der Waals surface area contributed by atoms with E-state index in [1.54, 1.807) is 6.07 Å². The molecule has 1 aromatic carbocycles. The van der Waals surface area contributed by atoms with Gasteiger partial charge < -0.3 is 10.1 Å². The number of halogens is 2. The molecular weight excluding hydrogens is 265 g/mol. The lowest BCUT2D eigenvalue weighted by molar-refractivity contribution is 0.0887. The molecule has 1 aliphatic rings. The topological polar surface area (TPSA) is 21.3 Å². The van der Waals surface area contributed by atoms with Gasteiger partial charge in [-0.2, -0.15) is 0 Å². The number of hydrogen-bond acceptors (Lipinski definition) is 2. The smallest absolute Gasteiger partial charge is 0.125 e. The summed E-state index contributed by atoms with van der Waals surface area (Å²) in [5.74, 6) is 0.0534. The van der Waals surface area contributed by atoms with E-state index in [1.807, 2.05) is 0 Å². The molecule has 106 valence electrons. The standard InChI is InChI=1S/C15H21ClFNO/c1-15(2,3)18-9-10-4-5-19-14(10)11-6-12(16)8-13(17)7-11/h6-8,10,14,18H,4-5,9H2,1-3H3. The largest absolute Gasteiger partial charge is 0.373 e. The summed E-state index contributed by atoms with van der Waals surface area (Å²) >= 11 is 5.91. The molecule has 1 heterocycles. The van der Waals surface area contributed by atoms with Crippen molar-refractivity contribution in [1.82, 2.24) is 5.32 Å². The maximum atomic E-state index is 13.4. The fraction of sp³-hybridized carbons (Fsp3) is 0.600. The van der Waals surface area contributed by atoms with E-state index >= 15 is 0 Å². The van der Waals surface area contributed by atoms with E-state index in [1.165, 1.54) is 12.1 Å². The second kappa shape index (κ2) is 5.78. The van der Waals surface area contributed by atoms with Gasteiger partial charge in [0.15, 0.2) is 0 Å². The van der Waals surface area contributed by atoms with Crippen molar-refractivity contribution in [3.8, 4) is 0 Å². The van der Waals surface area contributed by atoms with Crippen LogP contribution in [-0.4, -0.2) is 18.7 Å². The second-order valence-electron chi connectivity index (χ2n) is 6.17. The fourth-order valence-corrected chi connectivity index (χ4v) is 2.62. The van der Waals surface area contributed by atoms with Crippen LogP contribution in [0.4, 0.5) is 4.39 Å². The van der Waals surface area contributed by atoms with Crippen LogP contribution >= 0.6 is 11.6 Å². The van der Waals surface area contributed by atoms with E-state index in [0.717, 1.165) is 25.1 Å². The Labute approximate surface area is 119 Å². The van der Waals surface area contributed by atoms with Crippen molar-refractivity contribution in [3.63, 3.8) is 0 Å². The molecule has 2 rings (SSSR count). The van der Waals surface area contributed by atoms with Crippen molar-refractivity contribution in [2.24, 2.45) is 5.92 Å². The molecule has 19 heavy (non-hydrogen) atoms. The average Bonchev–Trinajstić information content (AvgIpc) is 2.72. The number of nitrogens with one attached hydrogen (secondary N) is 1. The van der Waals surface area contributed by atoms with Crippen LogP contribution in [0, 0.1) is 11.7 Å². The molecule has 0 aliphatic carbocycles. The number of rotatable bonds is 3. The van der Waals surface area contributed by atoms with Gasteiger partial charge in [0, 0.05) is 29.6 Å². The molecule has 0 radical (unpaired) electrons. The third kappa shape index (κ3) is 4.16. The summed E-state index contributed by atoms with van der Waals surface area (Å²) in [5, 5.41) is 3.91. The first-order valence-electron chi connectivity index (χ1n) is 6.68. The SMILES string of the molecule is CC(C)(C)NCC1CCOC1c1cc(F)cc(Cl)c1. The van der Waals surface area contributed by atoms with E-state index in [9.17, 15) is 4.39 Å². The molecule has 1 aromatic rings. The van der Waals surface area contributed by atoms with Crippen LogP contribution in [-0.2, 0) is 4.74 Å². The Morgan fingerprint density at radius 2 is 2.11 bits per heavy atom. The van der Waals surface area contributed by atoms with E-state index in [4.69, 9.17) is 16.3 Å². The maximum Gasteiger partial charge on any atom is 0.125 e. The van der Waals surface area contributed by atoms with Crippen LogP contribution in [0.1, 0.15) is 38.9 Å². The molecule has 1 fully saturated rings. The lowest BCUT2D eigenvalue weighted by atomic mass is 9.94. The van der Waals surface area contributed by atoms with Crippen molar-refractivity contribution < 1.29 is 9.13 Å². The van der Waals surface area contributed by atoms with E-state index in [0.29, 0.717) is 10.9 Å². The van der Waals surface area contributed by atoms with Crippen LogP contribution in [0.3, 0.4) is 0 Å². The Morgan fingerprint density at radius 3 is 2.74 bits per heavy atom. The molecule has 0 saturated carbocycles. The third-order valence-electron chi connectivity index (χ3n) is 3.32. The number of benzene rings is 1. The quantitative estimate of drug-likeness (QED) is 0.908. The van der Waals surface area contributed by atoms with Gasteiger partial charge in [-0.25, -0.2) is 4.39 Å². The van der Waals surface area contributed by atoms with Crippen molar-refractivity contribution in [2.45, 2.75) is 38.8 Å². The zero-order valence-electron chi connectivity index (χ0n) is 11.7. The van der Waals surface area contributed by atoms with Crippen LogP contribution < -0.4 is 5.32 Å². The Bertz CT molecular complexity index is 424. The minimum atomic E-state index is -0.305. The summed E-state index contributed by atoms with van der Waals surface area (Å²) in [6.45, 7) is 7.99. The van der Waals surface area contributed by atoms with Crippen LogP contribution in [0.25, 0.3) is 0 Å². The highest BCUT2D eigenvalue weighted by molar-refractivity contribution is 6.30. The van der Waals surface area contributed by atoms with Gasteiger partial charge in [-0.1, -0.05) is 11.6 Å². The van der Waals surface area contributed by atoms with Crippen LogP contribution in [0.15, 0.2) is 18.2 Å². The Kier molecular flexibility index (Phi) is 4.49. The predicted octanol–water partition coefficient (Wildman–Crippen LogP) is 3.94. The van der Waals surface area contributed by atoms with Crippen LogP contribution in [0.5, 0.6) is 0 Å². The molecule has 2 unspecified atom stereocenters. The number of ether oxygens (including phenoxy) is 1. The summed E-state index contributed by atoms with van der Waals surface area (Å²) in [6, 6.07) is 4.64. The summed E-state index contributed by atoms with van der Waals surface area (Å²) in [5.41, 5.74) is 0.912. The molecule has 0 aromatic heterocycles. The molecule has 1 N–H and O–H groups in total. The molecule has 4 heteroatoms. The monoisotopic (exact) mass is 285 g/mol. The van der Waals surface area contributed by atoms with Crippen LogP contribution in [0.2, 0.25) is 5.02 Å². The summed E-state index contributed by atoms with van der Waals surface area (Å²) in [4.78, 5) is 0. The zero-order chi connectivity index (χ0) is 14.0. The highest BCUT2D eigenvalue weighted by Crippen LogP contribution is 2.35. The third-order valence-corrected chi connectivity index (χ3v) is 3.54. The molecular formula is C15H21ClFNO. The molecule has 0 bridgehead atoms. The van der Waals surface area contributed by atoms with Crippen molar-refractivity contribution in [1.29, 1.82) is 0 Å². The predicted molar refractivity (Wildman–Crippen MR) is 76.0 cm³/mol. The molecule has 1 saturated heterocycles. The van der Waals surface area contributed by atoms with Gasteiger partial charge >= 0.3 is 0 Å². The second-order valence-corrected chi connectivity index (χ2v) is 6.61. The van der Waals surface area contributed by atoms with Crippen molar-refractivity contribution >= 4 is 11.6 Å². The van der Waals surface area contributed by atoms with Crippen molar-refractivity contribution in [3.05, 3.63) is 34.6 Å². The summed E-state index contributed by atoms with van der Waals surface area (Å²) < 4.78 is 19.2. The minimum absolute atomic E-state index is 0.0666. The van der Waals surface area contributed by atoms with Crippen molar-refractivity contribution in [2.75, 3.05) is 13.2 Å². The minimum Gasteiger partial charge on any atom is -0.373 e. The molecule has 2 atom stereocenters. The first kappa shape index (κ1) is 14.8. The number of hydrogen-bond donors (Lipinski definition) is 1. The molecule has 0 spiro atoms. The Hall–Kier alpha value is -0.640. The van der Waals surface area contributed by atoms with Gasteiger partial charge in [-0.3, -0.25) is 0 Å². The molecule has 1 aliphatic heterocycles. The Morgan fingerprint density at radius 1 is 1.37 bits per heavy atom. The maximum absolute atomic E-state index is 13.4. The fourth-order valence-electron chi connectivity index (χ4n) is 2.39.